The van der Waals surface area contributed by atoms with Crippen LogP contribution in [-0.2, 0) is 30.3 Å². The van der Waals surface area contributed by atoms with E-state index in [1.807, 2.05) is 11.4 Å². The predicted octanol–water partition coefficient (Wildman–Crippen LogP) is 4.49. The third-order valence-corrected chi connectivity index (χ3v) is 8.72. The molecule has 1 unspecified atom stereocenters. The van der Waals surface area contributed by atoms with Crippen molar-refractivity contribution in [3.63, 3.8) is 0 Å². The molecule has 1 aliphatic heterocycles. The molecule has 3 aromatic rings. The lowest BCUT2D eigenvalue weighted by atomic mass is 10.1. The Labute approximate surface area is 271 Å². The molecule has 0 spiro atoms. The van der Waals surface area contributed by atoms with E-state index in [0.29, 0.717) is 45.2 Å². The van der Waals surface area contributed by atoms with Gasteiger partial charge in [0.05, 0.1) is 38.4 Å². The average molecular weight is 651 g/mol. The molecule has 2 aliphatic rings. The Hall–Kier alpha value is -4.52. The van der Waals surface area contributed by atoms with Crippen LogP contribution >= 0.6 is 11.3 Å². The standard InChI is InChI=1S/C33H38N4O8S/c1-8-19-15-33(19,30(40)43-7)36-29(39)26-13-21(16-37(26)31(41)45-32(3,4)5)44-27-14-24(25-17-46-28(35-25)11-18(2)38)34-23-12-20(42-6)9-10-22(23)27/h8-10,12,14,17,19,21,26H,1,11,13,15-16H2,2-7H3,(H,36,39)/t19?,21-,26+,33-/m1/s1. The molecule has 5 rings (SSSR count). The zero-order valence-electron chi connectivity index (χ0n) is 26.7. The van der Waals surface area contributed by atoms with Crippen molar-refractivity contribution in [1.82, 2.24) is 20.2 Å². The Morgan fingerprint density at radius 1 is 1.15 bits per heavy atom. The van der Waals surface area contributed by atoms with E-state index in [-0.39, 0.29) is 31.1 Å². The molecule has 13 heteroatoms. The van der Waals surface area contributed by atoms with Gasteiger partial charge in [-0.2, -0.15) is 0 Å². The number of ketones is 1. The highest BCUT2D eigenvalue weighted by Crippen LogP contribution is 2.45. The number of ether oxygens (including phenoxy) is 4. The molecule has 2 fully saturated rings. The van der Waals surface area contributed by atoms with Gasteiger partial charge in [0.25, 0.3) is 0 Å². The number of likely N-dealkylation sites (tertiary alicyclic amines) is 1. The van der Waals surface area contributed by atoms with Crippen LogP contribution in [0.1, 0.15) is 45.5 Å². The first-order chi connectivity index (χ1) is 21.8. The van der Waals surface area contributed by atoms with Gasteiger partial charge < -0.3 is 24.3 Å². The fraction of sp³-hybridized carbons (Fsp3) is 0.455. The minimum atomic E-state index is -1.23. The lowest BCUT2D eigenvalue weighted by Crippen LogP contribution is -2.53. The lowest BCUT2D eigenvalue weighted by molar-refractivity contribution is -0.147. The summed E-state index contributed by atoms with van der Waals surface area (Å²) in [6, 6.07) is 6.19. The molecular weight excluding hydrogens is 612 g/mol. The maximum atomic E-state index is 13.7. The monoisotopic (exact) mass is 650 g/mol. The van der Waals surface area contributed by atoms with E-state index >= 15 is 0 Å². The number of thiazole rings is 1. The molecule has 1 saturated carbocycles. The molecule has 1 saturated heterocycles. The van der Waals surface area contributed by atoms with Crippen LogP contribution in [0.15, 0.2) is 42.3 Å². The van der Waals surface area contributed by atoms with Crippen LogP contribution in [-0.4, -0.2) is 82.7 Å². The Kier molecular flexibility index (Phi) is 9.07. The number of fused-ring (bicyclic) bond motifs is 1. The van der Waals surface area contributed by atoms with Crippen LogP contribution in [0.3, 0.4) is 0 Å². The number of hydrogen-bond donors (Lipinski definition) is 1. The Morgan fingerprint density at radius 2 is 1.91 bits per heavy atom. The van der Waals surface area contributed by atoms with Gasteiger partial charge in [-0.1, -0.05) is 6.08 Å². The van der Waals surface area contributed by atoms with Gasteiger partial charge in [-0.25, -0.2) is 19.6 Å². The average Bonchev–Trinajstić information content (AvgIpc) is 3.28. The number of Topliss-reactive ketones (excluding diaryl/α,β-unsaturated/α-hetero) is 1. The van der Waals surface area contributed by atoms with Crippen LogP contribution in [0.5, 0.6) is 11.5 Å². The molecule has 3 heterocycles. The number of methoxy groups -OCH3 is 2. The molecule has 46 heavy (non-hydrogen) atoms. The van der Waals surface area contributed by atoms with E-state index in [2.05, 4.69) is 16.9 Å². The molecule has 1 N–H and O–H groups in total. The fourth-order valence-electron chi connectivity index (χ4n) is 5.58. The van der Waals surface area contributed by atoms with Crippen molar-refractivity contribution >= 4 is 46.0 Å². The number of benzene rings is 1. The summed E-state index contributed by atoms with van der Waals surface area (Å²) < 4.78 is 22.6. The number of carbonyl (C=O) groups excluding carboxylic acids is 4. The van der Waals surface area contributed by atoms with E-state index in [9.17, 15) is 19.2 Å². The predicted molar refractivity (Wildman–Crippen MR) is 171 cm³/mol. The molecule has 1 aromatic carbocycles. The number of hydrogen-bond acceptors (Lipinski definition) is 11. The number of pyridine rings is 1. The molecule has 1 aliphatic carbocycles. The van der Waals surface area contributed by atoms with Crippen molar-refractivity contribution in [1.29, 1.82) is 0 Å². The molecule has 0 bridgehead atoms. The normalized spacial score (nSPS) is 22.2. The Morgan fingerprint density at radius 3 is 2.54 bits per heavy atom. The number of nitrogens with zero attached hydrogens (tertiary/aromatic N) is 3. The first-order valence-electron chi connectivity index (χ1n) is 14.9. The second-order valence-corrected chi connectivity index (χ2v) is 13.5. The van der Waals surface area contributed by atoms with Crippen LogP contribution in [0.4, 0.5) is 4.79 Å². The van der Waals surface area contributed by atoms with Crippen molar-refractivity contribution in [3.8, 4) is 22.9 Å². The first kappa shape index (κ1) is 32.9. The van der Waals surface area contributed by atoms with Crippen LogP contribution in [0.2, 0.25) is 0 Å². The topological polar surface area (TPSA) is 146 Å². The molecule has 2 aromatic heterocycles. The summed E-state index contributed by atoms with van der Waals surface area (Å²) in [5.74, 6) is -0.289. The van der Waals surface area contributed by atoms with Crippen molar-refractivity contribution in [2.75, 3.05) is 20.8 Å². The van der Waals surface area contributed by atoms with E-state index in [0.717, 1.165) is 0 Å². The highest BCUT2D eigenvalue weighted by molar-refractivity contribution is 7.10. The first-order valence-corrected chi connectivity index (χ1v) is 15.8. The number of aromatic nitrogens is 2. The summed E-state index contributed by atoms with van der Waals surface area (Å²) in [5, 5.41) is 6.04. The SMILES string of the molecule is C=CC1C[C@]1(NC(=O)[C@@H]1C[C@@H](Oc2cc(-c3csc(CC(C)=O)n3)nc3cc(OC)ccc23)CN1C(=O)OC(C)(C)C)C(=O)OC. The van der Waals surface area contributed by atoms with Crippen LogP contribution < -0.4 is 14.8 Å². The van der Waals surface area contributed by atoms with E-state index in [1.54, 1.807) is 52.2 Å². The molecule has 4 atom stereocenters. The quantitative estimate of drug-likeness (QED) is 0.246. The van der Waals surface area contributed by atoms with Crippen molar-refractivity contribution in [2.24, 2.45) is 5.92 Å². The third kappa shape index (κ3) is 6.84. The van der Waals surface area contributed by atoms with Crippen molar-refractivity contribution in [2.45, 2.75) is 70.2 Å². The second kappa shape index (κ2) is 12.7. The third-order valence-electron chi connectivity index (χ3n) is 7.88. The number of carbonyl (C=O) groups is 4. The van der Waals surface area contributed by atoms with Gasteiger partial charge in [-0.15, -0.1) is 17.9 Å². The van der Waals surface area contributed by atoms with Crippen molar-refractivity contribution in [3.05, 3.63) is 47.3 Å². The number of esters is 1. The summed E-state index contributed by atoms with van der Waals surface area (Å²) in [6.45, 7) is 10.6. The maximum absolute atomic E-state index is 13.7. The molecular formula is C33H38N4O8S. The van der Waals surface area contributed by atoms with E-state index in [1.165, 1.54) is 30.3 Å². The zero-order chi connectivity index (χ0) is 33.4. The lowest BCUT2D eigenvalue weighted by Gasteiger charge is -2.28. The Bertz CT molecular complexity index is 1700. The Balaban J connectivity index is 1.47. The van der Waals surface area contributed by atoms with Gasteiger partial charge in [0.2, 0.25) is 5.91 Å². The van der Waals surface area contributed by atoms with Crippen LogP contribution in [0, 0.1) is 5.92 Å². The highest BCUT2D eigenvalue weighted by atomic mass is 32.1. The molecule has 0 radical (unpaired) electrons. The van der Waals surface area contributed by atoms with Gasteiger partial charge in [-0.3, -0.25) is 14.5 Å². The highest BCUT2D eigenvalue weighted by Gasteiger charge is 2.62. The molecule has 12 nitrogen and oxygen atoms in total. The minimum absolute atomic E-state index is 0.00898. The van der Waals surface area contributed by atoms with Crippen LogP contribution in [0.25, 0.3) is 22.3 Å². The second-order valence-electron chi connectivity index (χ2n) is 12.5. The number of nitrogens with one attached hydrogen (secondary N) is 1. The summed E-state index contributed by atoms with van der Waals surface area (Å²) >= 11 is 1.37. The fourth-order valence-corrected chi connectivity index (χ4v) is 6.43. The number of rotatable bonds is 10. The summed E-state index contributed by atoms with van der Waals surface area (Å²) in [5.41, 5.74) is -0.324. The van der Waals surface area contributed by atoms with Gasteiger partial charge >= 0.3 is 12.1 Å². The van der Waals surface area contributed by atoms with Gasteiger partial charge in [0.1, 0.15) is 51.3 Å². The maximum Gasteiger partial charge on any atom is 0.411 e. The molecule has 244 valence electrons. The minimum Gasteiger partial charge on any atom is -0.497 e. The largest absolute Gasteiger partial charge is 0.497 e. The number of amides is 2. The smallest absolute Gasteiger partial charge is 0.411 e. The summed E-state index contributed by atoms with van der Waals surface area (Å²) in [4.78, 5) is 62.2. The van der Waals surface area contributed by atoms with E-state index < -0.39 is 41.3 Å². The van der Waals surface area contributed by atoms with Gasteiger partial charge in [-0.05, 0) is 46.2 Å². The summed E-state index contributed by atoms with van der Waals surface area (Å²) in [7, 11) is 2.83. The zero-order valence-corrected chi connectivity index (χ0v) is 27.6. The summed E-state index contributed by atoms with van der Waals surface area (Å²) in [6.07, 6.45) is 1.04. The van der Waals surface area contributed by atoms with Gasteiger partial charge in [0, 0.05) is 35.2 Å². The van der Waals surface area contributed by atoms with E-state index in [4.69, 9.17) is 23.9 Å². The van der Waals surface area contributed by atoms with Gasteiger partial charge in [0.15, 0.2) is 0 Å². The molecule has 2 amide bonds. The van der Waals surface area contributed by atoms with Crippen molar-refractivity contribution < 1.29 is 38.1 Å².